The first-order valence-corrected chi connectivity index (χ1v) is 10.1. The second-order valence-corrected chi connectivity index (χ2v) is 7.62. The van der Waals surface area contributed by atoms with Crippen LogP contribution in [0.5, 0.6) is 0 Å². The molecular formula is C22H25N3OS. The van der Waals surface area contributed by atoms with Gasteiger partial charge in [0.1, 0.15) is 0 Å². The second-order valence-electron chi connectivity index (χ2n) is 6.66. The Kier molecular flexibility index (Phi) is 6.35. The number of aromatic nitrogens is 2. The van der Waals surface area contributed by atoms with E-state index in [2.05, 4.69) is 22.1 Å². The summed E-state index contributed by atoms with van der Waals surface area (Å²) in [4.78, 5) is 22.3. The molecule has 27 heavy (non-hydrogen) atoms. The van der Waals surface area contributed by atoms with Gasteiger partial charge in [0.05, 0.1) is 17.5 Å². The van der Waals surface area contributed by atoms with Gasteiger partial charge in [0.25, 0.3) is 0 Å². The van der Waals surface area contributed by atoms with Crippen LogP contribution in [0.1, 0.15) is 35.5 Å². The number of thioether (sulfide) groups is 1. The van der Waals surface area contributed by atoms with Gasteiger partial charge in [-0.2, -0.15) is 0 Å². The number of aromatic amines is 1. The molecule has 1 unspecified atom stereocenters. The number of nitrogens with one attached hydrogen (secondary N) is 1. The van der Waals surface area contributed by atoms with Gasteiger partial charge in [-0.25, -0.2) is 4.98 Å². The van der Waals surface area contributed by atoms with Crippen molar-refractivity contribution < 1.29 is 4.79 Å². The van der Waals surface area contributed by atoms with Gasteiger partial charge in [0.2, 0.25) is 5.91 Å². The largest absolute Gasteiger partial charge is 0.338 e. The molecule has 0 bridgehead atoms. The molecule has 0 radical (unpaired) electrons. The van der Waals surface area contributed by atoms with E-state index >= 15 is 0 Å². The Morgan fingerprint density at radius 3 is 2.41 bits per heavy atom. The topological polar surface area (TPSA) is 49.0 Å². The molecule has 0 spiro atoms. The predicted octanol–water partition coefficient (Wildman–Crippen LogP) is 4.62. The highest BCUT2D eigenvalue weighted by Crippen LogP contribution is 2.22. The fraction of sp³-hybridized carbons (Fsp3) is 0.273. The molecule has 1 aromatic heterocycles. The minimum atomic E-state index is 0.0475. The standard InChI is InChI=1S/C22H25N3OS/c1-16-20(14-18-10-6-4-7-11-18)24-22(23-16)27-15-21(26)25(3)17(2)19-12-8-5-9-13-19/h4-13,17H,14-15H2,1-3H3,(H,23,24). The van der Waals surface area contributed by atoms with E-state index < -0.39 is 0 Å². The maximum Gasteiger partial charge on any atom is 0.233 e. The van der Waals surface area contributed by atoms with E-state index in [0.29, 0.717) is 5.75 Å². The van der Waals surface area contributed by atoms with Crippen molar-refractivity contribution >= 4 is 17.7 Å². The van der Waals surface area contributed by atoms with Crippen molar-refractivity contribution in [3.63, 3.8) is 0 Å². The van der Waals surface area contributed by atoms with E-state index in [1.807, 2.05) is 69.4 Å². The highest BCUT2D eigenvalue weighted by atomic mass is 32.2. The monoisotopic (exact) mass is 379 g/mol. The van der Waals surface area contributed by atoms with Crippen molar-refractivity contribution in [2.24, 2.45) is 0 Å². The molecule has 0 aliphatic rings. The van der Waals surface area contributed by atoms with Gasteiger partial charge in [0.15, 0.2) is 5.16 Å². The average molecular weight is 380 g/mol. The zero-order chi connectivity index (χ0) is 19.2. The molecule has 1 heterocycles. The van der Waals surface area contributed by atoms with E-state index in [4.69, 9.17) is 0 Å². The molecule has 3 rings (SSSR count). The van der Waals surface area contributed by atoms with Crippen molar-refractivity contribution in [1.29, 1.82) is 0 Å². The Balaban J connectivity index is 1.58. The van der Waals surface area contributed by atoms with Crippen LogP contribution in [0.2, 0.25) is 0 Å². The SMILES string of the molecule is Cc1[nH]c(SCC(=O)N(C)C(C)c2ccccc2)nc1Cc1ccccc1. The summed E-state index contributed by atoms with van der Waals surface area (Å²) in [5, 5.41) is 0.799. The van der Waals surface area contributed by atoms with Crippen LogP contribution >= 0.6 is 11.8 Å². The lowest BCUT2D eigenvalue weighted by Gasteiger charge is -2.25. The Morgan fingerprint density at radius 2 is 1.74 bits per heavy atom. The number of aryl methyl sites for hydroxylation is 1. The molecule has 1 N–H and O–H groups in total. The maximum atomic E-state index is 12.6. The molecule has 0 saturated heterocycles. The first-order chi connectivity index (χ1) is 13.0. The number of hydrogen-bond donors (Lipinski definition) is 1. The Morgan fingerprint density at radius 1 is 1.11 bits per heavy atom. The number of hydrogen-bond acceptors (Lipinski definition) is 3. The fourth-order valence-corrected chi connectivity index (χ4v) is 3.76. The summed E-state index contributed by atoms with van der Waals surface area (Å²) in [7, 11) is 1.86. The van der Waals surface area contributed by atoms with Gasteiger partial charge in [-0.1, -0.05) is 72.4 Å². The van der Waals surface area contributed by atoms with Gasteiger partial charge in [-0.3, -0.25) is 4.79 Å². The zero-order valence-electron chi connectivity index (χ0n) is 16.0. The summed E-state index contributed by atoms with van der Waals surface area (Å²) in [5.41, 5.74) is 4.45. The van der Waals surface area contributed by atoms with Crippen LogP contribution in [0.4, 0.5) is 0 Å². The number of carbonyl (C=O) groups is 1. The summed E-state index contributed by atoms with van der Waals surface area (Å²) in [6.45, 7) is 4.08. The Hall–Kier alpha value is -2.53. The van der Waals surface area contributed by atoms with Crippen LogP contribution in [0.25, 0.3) is 0 Å². The predicted molar refractivity (Wildman–Crippen MR) is 111 cm³/mol. The van der Waals surface area contributed by atoms with Gasteiger partial charge in [0, 0.05) is 19.2 Å². The van der Waals surface area contributed by atoms with Crippen molar-refractivity contribution in [2.45, 2.75) is 31.5 Å². The molecule has 0 saturated carbocycles. The molecule has 5 heteroatoms. The first-order valence-electron chi connectivity index (χ1n) is 9.07. The van der Waals surface area contributed by atoms with Crippen LogP contribution in [-0.2, 0) is 11.2 Å². The van der Waals surface area contributed by atoms with Crippen molar-refractivity contribution in [3.05, 3.63) is 83.2 Å². The van der Waals surface area contributed by atoms with Crippen molar-refractivity contribution in [1.82, 2.24) is 14.9 Å². The maximum absolute atomic E-state index is 12.6. The third kappa shape index (κ3) is 5.01. The van der Waals surface area contributed by atoms with Crippen LogP contribution in [-0.4, -0.2) is 33.6 Å². The zero-order valence-corrected chi connectivity index (χ0v) is 16.8. The lowest BCUT2D eigenvalue weighted by Crippen LogP contribution is -2.31. The molecular weight excluding hydrogens is 354 g/mol. The number of amides is 1. The molecule has 0 aliphatic carbocycles. The average Bonchev–Trinajstić information content (AvgIpc) is 3.05. The summed E-state index contributed by atoms with van der Waals surface area (Å²) in [6.07, 6.45) is 0.794. The lowest BCUT2D eigenvalue weighted by molar-refractivity contribution is -0.128. The van der Waals surface area contributed by atoms with Crippen LogP contribution in [0.15, 0.2) is 65.8 Å². The molecule has 1 atom stereocenters. The van der Waals surface area contributed by atoms with Gasteiger partial charge in [-0.15, -0.1) is 0 Å². The van der Waals surface area contributed by atoms with Gasteiger partial charge < -0.3 is 9.88 Å². The third-order valence-electron chi connectivity index (χ3n) is 4.77. The molecule has 2 aromatic carbocycles. The fourth-order valence-electron chi connectivity index (χ4n) is 2.90. The van der Waals surface area contributed by atoms with Crippen LogP contribution in [0.3, 0.4) is 0 Å². The number of H-pyrrole nitrogens is 1. The first kappa shape index (κ1) is 19.2. The molecule has 1 amide bonds. The second kappa shape index (κ2) is 8.91. The minimum absolute atomic E-state index is 0.0475. The molecule has 3 aromatic rings. The number of benzene rings is 2. The summed E-state index contributed by atoms with van der Waals surface area (Å²) < 4.78 is 0. The number of nitrogens with zero attached hydrogens (tertiary/aromatic N) is 2. The number of imidazole rings is 1. The highest BCUT2D eigenvalue weighted by Gasteiger charge is 2.18. The molecule has 0 aliphatic heterocycles. The van der Waals surface area contributed by atoms with Crippen LogP contribution < -0.4 is 0 Å². The number of carbonyl (C=O) groups excluding carboxylic acids is 1. The van der Waals surface area contributed by atoms with Gasteiger partial charge >= 0.3 is 0 Å². The van der Waals surface area contributed by atoms with E-state index in [9.17, 15) is 4.79 Å². The Labute approximate surface area is 165 Å². The highest BCUT2D eigenvalue weighted by molar-refractivity contribution is 7.99. The summed E-state index contributed by atoms with van der Waals surface area (Å²) in [5.74, 6) is 0.459. The van der Waals surface area contributed by atoms with Gasteiger partial charge in [-0.05, 0) is 25.0 Å². The summed E-state index contributed by atoms with van der Waals surface area (Å²) in [6, 6.07) is 20.4. The smallest absolute Gasteiger partial charge is 0.233 e. The van der Waals surface area contributed by atoms with E-state index in [-0.39, 0.29) is 11.9 Å². The molecule has 140 valence electrons. The summed E-state index contributed by atoms with van der Waals surface area (Å²) >= 11 is 1.46. The van der Waals surface area contributed by atoms with Crippen LogP contribution in [0, 0.1) is 6.92 Å². The molecule has 0 fully saturated rings. The normalized spacial score (nSPS) is 12.0. The lowest BCUT2D eigenvalue weighted by atomic mass is 10.1. The minimum Gasteiger partial charge on any atom is -0.338 e. The van der Waals surface area contributed by atoms with E-state index in [1.54, 1.807) is 4.90 Å². The van der Waals surface area contributed by atoms with E-state index in [1.165, 1.54) is 17.3 Å². The third-order valence-corrected chi connectivity index (χ3v) is 5.62. The quantitative estimate of drug-likeness (QED) is 0.609. The van der Waals surface area contributed by atoms with Crippen molar-refractivity contribution in [3.8, 4) is 0 Å². The molecule has 4 nitrogen and oxygen atoms in total. The van der Waals surface area contributed by atoms with Crippen molar-refractivity contribution in [2.75, 3.05) is 12.8 Å². The van der Waals surface area contributed by atoms with E-state index in [0.717, 1.165) is 28.5 Å². The number of rotatable bonds is 7. The Bertz CT molecular complexity index is 877.